The molecular weight excluding hydrogens is 212 g/mol. The van der Waals surface area contributed by atoms with Gasteiger partial charge in [-0.2, -0.15) is 0 Å². The molecule has 1 rings (SSSR count). The monoisotopic (exact) mass is 242 g/mol. The normalized spacial score (nSPS) is 21.0. The minimum atomic E-state index is 0.369. The smallest absolute Gasteiger partial charge is 0.0167 e. The van der Waals surface area contributed by atoms with Crippen molar-refractivity contribution in [1.82, 2.24) is 14.7 Å². The zero-order chi connectivity index (χ0) is 12.7. The van der Waals surface area contributed by atoms with Crippen LogP contribution in [-0.4, -0.2) is 80.7 Å². The van der Waals surface area contributed by atoms with Crippen LogP contribution in [0.25, 0.3) is 0 Å². The minimum Gasteiger partial charge on any atom is -0.327 e. The summed E-state index contributed by atoms with van der Waals surface area (Å²) in [4.78, 5) is 7.33. The van der Waals surface area contributed by atoms with Crippen LogP contribution in [-0.2, 0) is 0 Å². The standard InChI is InChI=1S/C13H30N4/c1-4-5-13(14)12-17-10-8-16(9-11-17)7-6-15(2)3/h13H,4-12,14H2,1-3H3. The Morgan fingerprint density at radius 3 is 2.24 bits per heavy atom. The van der Waals surface area contributed by atoms with E-state index in [0.717, 1.165) is 19.5 Å². The van der Waals surface area contributed by atoms with Gasteiger partial charge in [-0.25, -0.2) is 0 Å². The Morgan fingerprint density at radius 1 is 1.12 bits per heavy atom. The van der Waals surface area contributed by atoms with E-state index in [4.69, 9.17) is 5.73 Å². The largest absolute Gasteiger partial charge is 0.327 e. The van der Waals surface area contributed by atoms with Crippen LogP contribution in [0.2, 0.25) is 0 Å². The van der Waals surface area contributed by atoms with Gasteiger partial charge in [0.1, 0.15) is 0 Å². The Bertz CT molecular complexity index is 188. The molecule has 0 spiro atoms. The van der Waals surface area contributed by atoms with Gasteiger partial charge in [0.2, 0.25) is 0 Å². The van der Waals surface area contributed by atoms with E-state index in [1.807, 2.05) is 0 Å². The number of hydrogen-bond acceptors (Lipinski definition) is 4. The highest BCUT2D eigenvalue weighted by molar-refractivity contribution is 4.75. The highest BCUT2D eigenvalue weighted by Gasteiger charge is 2.17. The van der Waals surface area contributed by atoms with Crippen molar-refractivity contribution < 1.29 is 0 Å². The molecule has 0 aromatic heterocycles. The number of nitrogens with zero attached hydrogens (tertiary/aromatic N) is 3. The third kappa shape index (κ3) is 6.36. The first-order valence-corrected chi connectivity index (χ1v) is 6.96. The molecule has 1 saturated heterocycles. The molecule has 4 nitrogen and oxygen atoms in total. The van der Waals surface area contributed by atoms with Crippen molar-refractivity contribution in [1.29, 1.82) is 0 Å². The van der Waals surface area contributed by atoms with Crippen molar-refractivity contribution in [2.24, 2.45) is 5.73 Å². The summed E-state index contributed by atoms with van der Waals surface area (Å²) in [6.07, 6.45) is 2.35. The van der Waals surface area contributed by atoms with Gasteiger partial charge in [-0.15, -0.1) is 0 Å². The number of hydrogen-bond donors (Lipinski definition) is 1. The molecule has 2 N–H and O–H groups in total. The Hall–Kier alpha value is -0.160. The molecule has 1 atom stereocenters. The Balaban J connectivity index is 2.12. The lowest BCUT2D eigenvalue weighted by molar-refractivity contribution is 0.120. The van der Waals surface area contributed by atoms with E-state index in [1.165, 1.54) is 39.1 Å². The van der Waals surface area contributed by atoms with E-state index >= 15 is 0 Å². The molecule has 1 aliphatic heterocycles. The summed E-state index contributed by atoms with van der Waals surface area (Å²) in [5.41, 5.74) is 6.09. The molecule has 102 valence electrons. The highest BCUT2D eigenvalue weighted by Crippen LogP contribution is 2.04. The van der Waals surface area contributed by atoms with Gasteiger partial charge in [-0.1, -0.05) is 13.3 Å². The Labute approximate surface area is 107 Å². The molecule has 0 radical (unpaired) electrons. The van der Waals surface area contributed by atoms with Gasteiger partial charge in [-0.05, 0) is 20.5 Å². The maximum Gasteiger partial charge on any atom is 0.0167 e. The van der Waals surface area contributed by atoms with Crippen molar-refractivity contribution in [3.63, 3.8) is 0 Å². The van der Waals surface area contributed by atoms with Crippen LogP contribution >= 0.6 is 0 Å². The number of rotatable bonds is 7. The van der Waals surface area contributed by atoms with Gasteiger partial charge < -0.3 is 10.6 Å². The second-order valence-electron chi connectivity index (χ2n) is 5.49. The SMILES string of the molecule is CCCC(N)CN1CCN(CCN(C)C)CC1. The van der Waals surface area contributed by atoms with Crippen molar-refractivity contribution in [2.75, 3.05) is 59.9 Å². The van der Waals surface area contributed by atoms with E-state index in [0.29, 0.717) is 6.04 Å². The molecule has 17 heavy (non-hydrogen) atoms. The lowest BCUT2D eigenvalue weighted by atomic mass is 10.1. The van der Waals surface area contributed by atoms with E-state index in [-0.39, 0.29) is 0 Å². The molecule has 1 fully saturated rings. The number of piperazine rings is 1. The van der Waals surface area contributed by atoms with Gasteiger partial charge in [0, 0.05) is 51.9 Å². The Kier molecular flexibility index (Phi) is 7.04. The highest BCUT2D eigenvalue weighted by atomic mass is 15.3. The molecule has 4 heteroatoms. The predicted octanol–water partition coefficient (Wildman–Crippen LogP) is 0.293. The van der Waals surface area contributed by atoms with Gasteiger partial charge in [0.05, 0.1) is 0 Å². The first-order chi connectivity index (χ1) is 8.11. The lowest BCUT2D eigenvalue weighted by Crippen LogP contribution is -2.50. The molecule has 0 saturated carbocycles. The predicted molar refractivity (Wildman–Crippen MR) is 74.3 cm³/mol. The van der Waals surface area contributed by atoms with Crippen molar-refractivity contribution in [3.05, 3.63) is 0 Å². The lowest BCUT2D eigenvalue weighted by Gasteiger charge is -2.36. The van der Waals surface area contributed by atoms with Gasteiger partial charge in [0.15, 0.2) is 0 Å². The van der Waals surface area contributed by atoms with E-state index < -0.39 is 0 Å². The number of nitrogens with two attached hydrogens (primary N) is 1. The molecule has 0 bridgehead atoms. The Morgan fingerprint density at radius 2 is 1.71 bits per heavy atom. The fourth-order valence-electron chi connectivity index (χ4n) is 2.33. The van der Waals surface area contributed by atoms with Crippen LogP contribution in [0.15, 0.2) is 0 Å². The molecule has 0 amide bonds. The summed E-state index contributed by atoms with van der Waals surface area (Å²) in [6.45, 7) is 10.4. The van der Waals surface area contributed by atoms with Crippen molar-refractivity contribution >= 4 is 0 Å². The zero-order valence-corrected chi connectivity index (χ0v) is 11.9. The fourth-order valence-corrected chi connectivity index (χ4v) is 2.33. The molecule has 0 aliphatic carbocycles. The second kappa shape index (κ2) is 8.03. The maximum absolute atomic E-state index is 6.09. The van der Waals surface area contributed by atoms with Gasteiger partial charge in [0.25, 0.3) is 0 Å². The van der Waals surface area contributed by atoms with Crippen LogP contribution in [0, 0.1) is 0 Å². The topological polar surface area (TPSA) is 35.7 Å². The first-order valence-electron chi connectivity index (χ1n) is 6.96. The summed E-state index contributed by atoms with van der Waals surface area (Å²) in [5, 5.41) is 0. The van der Waals surface area contributed by atoms with Crippen molar-refractivity contribution in [3.8, 4) is 0 Å². The summed E-state index contributed by atoms with van der Waals surface area (Å²) < 4.78 is 0. The summed E-state index contributed by atoms with van der Waals surface area (Å²) >= 11 is 0. The minimum absolute atomic E-state index is 0.369. The third-order valence-corrected chi connectivity index (χ3v) is 3.48. The molecule has 1 unspecified atom stereocenters. The van der Waals surface area contributed by atoms with Crippen LogP contribution in [0.3, 0.4) is 0 Å². The fraction of sp³-hybridized carbons (Fsp3) is 1.00. The van der Waals surface area contributed by atoms with Crippen LogP contribution in [0.5, 0.6) is 0 Å². The van der Waals surface area contributed by atoms with Gasteiger partial charge in [-0.3, -0.25) is 9.80 Å². The molecular formula is C13H30N4. The first kappa shape index (κ1) is 14.9. The summed E-state index contributed by atoms with van der Waals surface area (Å²) in [5.74, 6) is 0. The summed E-state index contributed by atoms with van der Waals surface area (Å²) in [6, 6.07) is 0.369. The molecule has 0 aromatic rings. The number of likely N-dealkylation sites (N-methyl/N-ethyl adjacent to an activating group) is 1. The van der Waals surface area contributed by atoms with Crippen LogP contribution < -0.4 is 5.73 Å². The molecule has 1 aliphatic rings. The summed E-state index contributed by atoms with van der Waals surface area (Å²) in [7, 11) is 4.28. The molecule has 0 aromatic carbocycles. The second-order valence-corrected chi connectivity index (χ2v) is 5.49. The zero-order valence-electron chi connectivity index (χ0n) is 11.9. The van der Waals surface area contributed by atoms with E-state index in [1.54, 1.807) is 0 Å². The average molecular weight is 242 g/mol. The maximum atomic E-state index is 6.09. The van der Waals surface area contributed by atoms with Gasteiger partial charge >= 0.3 is 0 Å². The van der Waals surface area contributed by atoms with E-state index in [2.05, 4.69) is 35.7 Å². The quantitative estimate of drug-likeness (QED) is 0.696. The third-order valence-electron chi connectivity index (χ3n) is 3.48. The van der Waals surface area contributed by atoms with Crippen LogP contribution in [0.1, 0.15) is 19.8 Å². The van der Waals surface area contributed by atoms with Crippen LogP contribution in [0.4, 0.5) is 0 Å². The molecule has 1 heterocycles. The average Bonchev–Trinajstić information content (AvgIpc) is 2.28. The van der Waals surface area contributed by atoms with E-state index in [9.17, 15) is 0 Å². The van der Waals surface area contributed by atoms with Crippen molar-refractivity contribution in [2.45, 2.75) is 25.8 Å².